The lowest BCUT2D eigenvalue weighted by molar-refractivity contribution is -0.140. The molecular formula is C84H146N12O17. The number of carbonyl (C=O) groups excluding carboxylic acids is 13. The van der Waals surface area contributed by atoms with Crippen molar-refractivity contribution in [2.75, 3.05) is 58.9 Å². The molecule has 3 aliphatic rings. The average Bonchev–Trinajstić information content (AvgIpc) is 1.79. The first-order valence-corrected chi connectivity index (χ1v) is 44.0. The molecule has 11 N–H and O–H groups in total. The second-order valence-electron chi connectivity index (χ2n) is 31.4. The molecule has 3 heterocycles. The lowest BCUT2D eigenvalue weighted by atomic mass is 9.99. The Labute approximate surface area is 673 Å². The number of carboxylic acid groups (broad SMARTS) is 2. The van der Waals surface area contributed by atoms with Crippen molar-refractivity contribution in [3.63, 3.8) is 0 Å². The van der Waals surface area contributed by atoms with Gasteiger partial charge in [0.05, 0.1) is 5.92 Å². The minimum atomic E-state index is -1.37. The summed E-state index contributed by atoms with van der Waals surface area (Å²) in [7, 11) is 0. The molecule has 0 radical (unpaired) electrons. The first-order valence-electron chi connectivity index (χ1n) is 44.0. The molecule has 29 nitrogen and oxygen atoms in total. The molecule has 3 rings (SSSR count). The van der Waals surface area contributed by atoms with E-state index in [9.17, 15) is 82.1 Å². The van der Waals surface area contributed by atoms with E-state index in [0.29, 0.717) is 90.1 Å². The van der Waals surface area contributed by atoms with E-state index in [1.54, 1.807) is 4.90 Å². The van der Waals surface area contributed by atoms with Gasteiger partial charge >= 0.3 is 11.9 Å². The SMILES string of the molecule is CCCCCCCCCCCCCC(=O)N1CCCC1C(=O)NC(CCC=O)C(=O)NCCNC(=O)CC(CC(=O)NCCNC(=O)C(CCC(=O)O)NC(=O)C1CCCN1C(=O)CCCCCCCCCCCCC)C(=O)NCCNC(=O)C(CCC(=O)O)NC(=O)C1CCCN1C(=O)CCCCCCCCCCCCC. The van der Waals surface area contributed by atoms with Gasteiger partial charge in [-0.25, -0.2) is 0 Å². The first-order chi connectivity index (χ1) is 54.6. The second-order valence-corrected chi connectivity index (χ2v) is 31.4. The smallest absolute Gasteiger partial charge is 0.303 e. The average molecular weight is 1600 g/mol. The van der Waals surface area contributed by atoms with Crippen LogP contribution in [0.15, 0.2) is 0 Å². The van der Waals surface area contributed by atoms with Crippen LogP contribution in [0.3, 0.4) is 0 Å². The number of unbranched alkanes of at least 4 members (excludes halogenated alkanes) is 30. The fourth-order valence-electron chi connectivity index (χ4n) is 15.2. The van der Waals surface area contributed by atoms with Gasteiger partial charge in [-0.3, -0.25) is 67.1 Å². The van der Waals surface area contributed by atoms with Crippen molar-refractivity contribution in [1.29, 1.82) is 0 Å². The molecule has 7 atom stereocenters. The van der Waals surface area contributed by atoms with E-state index in [0.717, 1.165) is 70.6 Å². The maximum absolute atomic E-state index is 14.0. The topological polar surface area (TPSA) is 414 Å². The Kier molecular flexibility index (Phi) is 55.1. The van der Waals surface area contributed by atoms with Crippen LogP contribution in [0.2, 0.25) is 0 Å². The summed E-state index contributed by atoms with van der Waals surface area (Å²) in [6, 6.07) is -6.27. The van der Waals surface area contributed by atoms with Crippen LogP contribution < -0.4 is 47.9 Å². The largest absolute Gasteiger partial charge is 0.481 e. The zero-order valence-electron chi connectivity index (χ0n) is 69.2. The van der Waals surface area contributed by atoms with Gasteiger partial charge in [-0.1, -0.05) is 213 Å². The molecule has 0 aromatic carbocycles. The predicted molar refractivity (Wildman–Crippen MR) is 433 cm³/mol. The number of rotatable bonds is 68. The van der Waals surface area contributed by atoms with E-state index < -0.39 is 133 Å². The third kappa shape index (κ3) is 44.6. The van der Waals surface area contributed by atoms with Crippen molar-refractivity contribution in [3.8, 4) is 0 Å². The molecule has 3 aliphatic heterocycles. The fourth-order valence-corrected chi connectivity index (χ4v) is 15.2. The van der Waals surface area contributed by atoms with Crippen LogP contribution >= 0.6 is 0 Å². The molecule has 0 saturated carbocycles. The third-order valence-corrected chi connectivity index (χ3v) is 21.8. The van der Waals surface area contributed by atoms with Crippen molar-refractivity contribution in [2.24, 2.45) is 5.92 Å². The van der Waals surface area contributed by atoms with Gasteiger partial charge in [0.2, 0.25) is 70.9 Å². The Hall–Kier alpha value is -7.75. The number of amides is 12. The number of aldehydes is 1. The number of nitrogens with zero attached hydrogens (tertiary/aromatic N) is 3. The zero-order chi connectivity index (χ0) is 82.6. The molecule has 644 valence electrons. The molecule has 113 heavy (non-hydrogen) atoms. The first kappa shape index (κ1) is 99.4. The molecule has 0 bridgehead atoms. The summed E-state index contributed by atoms with van der Waals surface area (Å²) in [6.07, 6.45) is 38.7. The number of nitrogens with one attached hydrogen (secondary N) is 9. The molecule has 0 aromatic rings. The summed E-state index contributed by atoms with van der Waals surface area (Å²) in [5.74, 6) is -10.4. The van der Waals surface area contributed by atoms with Crippen LogP contribution in [0.4, 0.5) is 0 Å². The van der Waals surface area contributed by atoms with Gasteiger partial charge in [0, 0.05) is 110 Å². The van der Waals surface area contributed by atoms with Gasteiger partial charge in [0.1, 0.15) is 42.5 Å². The minimum absolute atomic E-state index is 0.0415. The van der Waals surface area contributed by atoms with E-state index >= 15 is 0 Å². The number of hydrogen-bond donors (Lipinski definition) is 11. The summed E-state index contributed by atoms with van der Waals surface area (Å²) in [4.78, 5) is 203. The Morgan fingerprint density at radius 1 is 0.327 bits per heavy atom. The van der Waals surface area contributed by atoms with Gasteiger partial charge in [-0.2, -0.15) is 0 Å². The van der Waals surface area contributed by atoms with Crippen LogP contribution in [0.25, 0.3) is 0 Å². The molecule has 12 amide bonds. The number of likely N-dealkylation sites (tertiary alicyclic amines) is 3. The van der Waals surface area contributed by atoms with E-state index in [1.165, 1.54) is 132 Å². The summed E-state index contributed by atoms with van der Waals surface area (Å²) >= 11 is 0. The molecule has 0 spiro atoms. The fraction of sp³-hybridized carbons (Fsp3) is 0.821. The number of aliphatic carboxylic acids is 2. The Morgan fingerprint density at radius 3 is 0.841 bits per heavy atom. The van der Waals surface area contributed by atoms with Gasteiger partial charge in [-0.05, 0) is 77.0 Å². The summed E-state index contributed by atoms with van der Waals surface area (Å²) in [5.41, 5.74) is 0. The highest BCUT2D eigenvalue weighted by Gasteiger charge is 2.39. The van der Waals surface area contributed by atoms with Crippen molar-refractivity contribution >= 4 is 89.1 Å². The van der Waals surface area contributed by atoms with E-state index in [1.807, 2.05) is 0 Å². The van der Waals surface area contributed by atoms with Gasteiger partial charge in [0.15, 0.2) is 0 Å². The second kappa shape index (κ2) is 62.6. The highest BCUT2D eigenvalue weighted by atomic mass is 16.4. The molecule has 0 aliphatic carbocycles. The van der Waals surface area contributed by atoms with Crippen LogP contribution in [-0.4, -0.2) is 209 Å². The Morgan fingerprint density at radius 2 is 0.575 bits per heavy atom. The summed E-state index contributed by atoms with van der Waals surface area (Å²) in [5, 5.41) is 42.9. The Bertz CT molecular complexity index is 2850. The van der Waals surface area contributed by atoms with Crippen LogP contribution in [0.5, 0.6) is 0 Å². The maximum atomic E-state index is 14.0. The van der Waals surface area contributed by atoms with E-state index in [2.05, 4.69) is 68.6 Å². The molecule has 0 aromatic heterocycles. The van der Waals surface area contributed by atoms with Crippen LogP contribution in [0.1, 0.15) is 342 Å². The van der Waals surface area contributed by atoms with Crippen LogP contribution in [-0.2, 0) is 71.9 Å². The highest BCUT2D eigenvalue weighted by Crippen LogP contribution is 2.25. The molecule has 29 heteroatoms. The van der Waals surface area contributed by atoms with Crippen molar-refractivity contribution in [3.05, 3.63) is 0 Å². The molecular weight excluding hydrogens is 1450 g/mol. The number of hydrogen-bond acceptors (Lipinski definition) is 15. The number of carbonyl (C=O) groups is 15. The lowest BCUT2D eigenvalue weighted by Crippen LogP contribution is -2.54. The molecule has 3 fully saturated rings. The summed E-state index contributed by atoms with van der Waals surface area (Å²) < 4.78 is 0. The number of carboxylic acids is 2. The maximum Gasteiger partial charge on any atom is 0.303 e. The minimum Gasteiger partial charge on any atom is -0.481 e. The highest BCUT2D eigenvalue weighted by molar-refractivity contribution is 5.95. The third-order valence-electron chi connectivity index (χ3n) is 21.8. The van der Waals surface area contributed by atoms with E-state index in [4.69, 9.17) is 0 Å². The molecule has 3 saturated heterocycles. The van der Waals surface area contributed by atoms with Crippen molar-refractivity contribution < 1.29 is 82.1 Å². The summed E-state index contributed by atoms with van der Waals surface area (Å²) in [6.45, 7) is 6.43. The standard InChI is InChI=1S/C84H146N12O17/c1-4-7-10-13-16-19-22-25-28-31-34-45-73(100)94-58-37-42-68(94)82(111)91-65(41-40-61-97)79(108)88-54-52-85-71(98)62-64(78(107)87-56-57-90-81(110)67(49-51-77(105)106)93-84(113)70-44-39-60-96(70)75(102)47-36-33-30-27-24-21-18-15-12-9-6-3)63-72(99)86-53-55-89-80(109)66(48-50-76(103)104)92-83(112)69-43-38-59-95(69)74(101)46-35-32-29-26-23-20-17-14-11-8-5-2/h61,64-70H,4-60,62-63H2,1-3H3,(H,85,98)(H,86,99)(H,87,107)(H,88,108)(H,89,109)(H,90,110)(H,91,111)(H,92,112)(H,93,113)(H,103,104)(H,105,106). The monoisotopic (exact) mass is 1600 g/mol. The Balaban J connectivity index is 1.64. The zero-order valence-corrected chi connectivity index (χ0v) is 69.2. The normalized spacial score (nSPS) is 16.3. The van der Waals surface area contributed by atoms with Gasteiger partial charge in [0.25, 0.3) is 0 Å². The quantitative estimate of drug-likeness (QED) is 0.0199. The lowest BCUT2D eigenvalue weighted by Gasteiger charge is -2.26. The predicted octanol–water partition coefficient (Wildman–Crippen LogP) is 9.32. The van der Waals surface area contributed by atoms with E-state index in [-0.39, 0.29) is 95.5 Å². The van der Waals surface area contributed by atoms with Crippen molar-refractivity contribution in [2.45, 2.75) is 378 Å². The van der Waals surface area contributed by atoms with Gasteiger partial charge < -0.3 is 77.6 Å². The van der Waals surface area contributed by atoms with Crippen molar-refractivity contribution in [1.82, 2.24) is 62.6 Å². The van der Waals surface area contributed by atoms with Crippen LogP contribution in [0, 0.1) is 5.92 Å². The van der Waals surface area contributed by atoms with Gasteiger partial charge in [-0.15, -0.1) is 0 Å². The molecule has 7 unspecified atom stereocenters.